The van der Waals surface area contributed by atoms with Gasteiger partial charge in [0.1, 0.15) is 0 Å². The minimum Gasteiger partial charge on any atom is -0.390 e. The Labute approximate surface area is 88.3 Å². The first-order chi connectivity index (χ1) is 6.53. The fourth-order valence-corrected chi connectivity index (χ4v) is 1.88. The second kappa shape index (κ2) is 6.41. The molecule has 2 nitrogen and oxygen atoms in total. The zero-order chi connectivity index (χ0) is 11.2. The van der Waals surface area contributed by atoms with Crippen molar-refractivity contribution in [3.05, 3.63) is 0 Å². The summed E-state index contributed by atoms with van der Waals surface area (Å²) in [5.41, 5.74) is -0.872. The Kier molecular flexibility index (Phi) is 6.38. The highest BCUT2D eigenvalue weighted by Gasteiger charge is 2.32. The molecule has 2 heteroatoms. The van der Waals surface area contributed by atoms with Crippen LogP contribution >= 0.6 is 0 Å². The smallest absolute Gasteiger partial charge is 0.0900 e. The lowest BCUT2D eigenvalue weighted by Crippen LogP contribution is -2.42. The number of aliphatic hydroxyl groups is 2. The van der Waals surface area contributed by atoms with Gasteiger partial charge in [-0.15, -0.1) is 0 Å². The molecule has 0 aromatic carbocycles. The molecule has 0 spiro atoms. The summed E-state index contributed by atoms with van der Waals surface area (Å²) in [4.78, 5) is 0. The SMILES string of the molecule is CCC(CC)CC(O)C(O)(CC)CC. The van der Waals surface area contributed by atoms with Crippen molar-refractivity contribution >= 4 is 0 Å². The van der Waals surface area contributed by atoms with E-state index in [1.807, 2.05) is 13.8 Å². The van der Waals surface area contributed by atoms with Crippen LogP contribution in [0.5, 0.6) is 0 Å². The average Bonchev–Trinajstić information content (AvgIpc) is 2.24. The molecule has 0 aromatic heterocycles. The first kappa shape index (κ1) is 13.9. The van der Waals surface area contributed by atoms with Crippen molar-refractivity contribution in [3.63, 3.8) is 0 Å². The van der Waals surface area contributed by atoms with Crippen LogP contribution in [-0.4, -0.2) is 21.9 Å². The van der Waals surface area contributed by atoms with Crippen LogP contribution in [0.4, 0.5) is 0 Å². The standard InChI is InChI=1S/C12H26O2/c1-5-10(6-2)9-11(13)12(14,7-3)8-4/h10-11,13-14H,5-9H2,1-4H3. The molecular formula is C12H26O2. The van der Waals surface area contributed by atoms with Gasteiger partial charge in [0, 0.05) is 0 Å². The van der Waals surface area contributed by atoms with Gasteiger partial charge in [-0.05, 0) is 25.2 Å². The third-order valence-electron chi connectivity index (χ3n) is 3.56. The van der Waals surface area contributed by atoms with E-state index in [9.17, 15) is 10.2 Å². The molecule has 0 rings (SSSR count). The molecule has 1 unspecified atom stereocenters. The van der Waals surface area contributed by atoms with Crippen LogP contribution in [0.2, 0.25) is 0 Å². The van der Waals surface area contributed by atoms with E-state index in [-0.39, 0.29) is 0 Å². The summed E-state index contributed by atoms with van der Waals surface area (Å²) >= 11 is 0. The van der Waals surface area contributed by atoms with E-state index in [4.69, 9.17) is 0 Å². The molecule has 0 saturated carbocycles. The molecule has 0 aliphatic carbocycles. The van der Waals surface area contributed by atoms with Crippen LogP contribution in [0.3, 0.4) is 0 Å². The molecule has 0 saturated heterocycles. The van der Waals surface area contributed by atoms with Crippen molar-refractivity contribution < 1.29 is 10.2 Å². The van der Waals surface area contributed by atoms with Crippen molar-refractivity contribution in [1.82, 2.24) is 0 Å². The summed E-state index contributed by atoms with van der Waals surface area (Å²) in [5, 5.41) is 20.0. The summed E-state index contributed by atoms with van der Waals surface area (Å²) < 4.78 is 0. The number of rotatable bonds is 7. The van der Waals surface area contributed by atoms with Gasteiger partial charge in [-0.25, -0.2) is 0 Å². The summed E-state index contributed by atoms with van der Waals surface area (Å²) in [6.07, 6.45) is 3.58. The predicted molar refractivity (Wildman–Crippen MR) is 60.2 cm³/mol. The Morgan fingerprint density at radius 1 is 1.00 bits per heavy atom. The number of hydrogen-bond donors (Lipinski definition) is 2. The molecule has 1 atom stereocenters. The highest BCUT2D eigenvalue weighted by Crippen LogP contribution is 2.26. The minimum atomic E-state index is -0.872. The van der Waals surface area contributed by atoms with Gasteiger partial charge >= 0.3 is 0 Å². The van der Waals surface area contributed by atoms with Gasteiger partial charge in [0.15, 0.2) is 0 Å². The lowest BCUT2D eigenvalue weighted by molar-refractivity contribution is -0.0888. The van der Waals surface area contributed by atoms with Gasteiger partial charge in [0.2, 0.25) is 0 Å². The zero-order valence-corrected chi connectivity index (χ0v) is 10.1. The quantitative estimate of drug-likeness (QED) is 0.666. The van der Waals surface area contributed by atoms with Crippen LogP contribution in [0.25, 0.3) is 0 Å². The molecule has 2 N–H and O–H groups in total. The Balaban J connectivity index is 4.22. The van der Waals surface area contributed by atoms with E-state index in [1.54, 1.807) is 0 Å². The van der Waals surface area contributed by atoms with E-state index in [2.05, 4.69) is 13.8 Å². The second-order valence-electron chi connectivity index (χ2n) is 4.24. The highest BCUT2D eigenvalue weighted by molar-refractivity contribution is 4.85. The fraction of sp³-hybridized carbons (Fsp3) is 1.00. The van der Waals surface area contributed by atoms with Crippen LogP contribution in [0.15, 0.2) is 0 Å². The van der Waals surface area contributed by atoms with Gasteiger partial charge < -0.3 is 10.2 Å². The second-order valence-corrected chi connectivity index (χ2v) is 4.24. The molecule has 0 heterocycles. The lowest BCUT2D eigenvalue weighted by atomic mass is 9.83. The highest BCUT2D eigenvalue weighted by atomic mass is 16.3. The van der Waals surface area contributed by atoms with Gasteiger partial charge in [-0.2, -0.15) is 0 Å². The largest absolute Gasteiger partial charge is 0.390 e. The number of hydrogen-bond acceptors (Lipinski definition) is 2. The monoisotopic (exact) mass is 202 g/mol. The Hall–Kier alpha value is -0.0800. The van der Waals surface area contributed by atoms with Gasteiger partial charge in [-0.3, -0.25) is 0 Å². The molecule has 14 heavy (non-hydrogen) atoms. The van der Waals surface area contributed by atoms with Crippen LogP contribution < -0.4 is 0 Å². The summed E-state index contributed by atoms with van der Waals surface area (Å²) in [7, 11) is 0. The summed E-state index contributed by atoms with van der Waals surface area (Å²) in [6, 6.07) is 0. The Morgan fingerprint density at radius 3 is 1.71 bits per heavy atom. The fourth-order valence-electron chi connectivity index (χ4n) is 1.88. The van der Waals surface area contributed by atoms with E-state index < -0.39 is 11.7 Å². The normalized spacial score (nSPS) is 14.8. The third-order valence-corrected chi connectivity index (χ3v) is 3.56. The van der Waals surface area contributed by atoms with Crippen molar-refractivity contribution in [1.29, 1.82) is 0 Å². The van der Waals surface area contributed by atoms with Crippen LogP contribution in [0, 0.1) is 5.92 Å². The first-order valence-corrected chi connectivity index (χ1v) is 5.94. The molecule has 0 aliphatic heterocycles. The van der Waals surface area contributed by atoms with E-state index in [0.717, 1.165) is 19.3 Å². The van der Waals surface area contributed by atoms with Crippen molar-refractivity contribution in [2.45, 2.75) is 71.5 Å². The minimum absolute atomic E-state index is 0.537. The van der Waals surface area contributed by atoms with Gasteiger partial charge in [0.25, 0.3) is 0 Å². The van der Waals surface area contributed by atoms with E-state index in [0.29, 0.717) is 18.8 Å². The number of aliphatic hydroxyl groups excluding tert-OH is 1. The van der Waals surface area contributed by atoms with E-state index in [1.165, 1.54) is 0 Å². The molecule has 0 radical (unpaired) electrons. The van der Waals surface area contributed by atoms with Crippen LogP contribution in [0.1, 0.15) is 59.8 Å². The van der Waals surface area contributed by atoms with Crippen LogP contribution in [-0.2, 0) is 0 Å². The lowest BCUT2D eigenvalue weighted by Gasteiger charge is -2.33. The molecule has 86 valence electrons. The molecule has 0 fully saturated rings. The topological polar surface area (TPSA) is 40.5 Å². The summed E-state index contributed by atoms with van der Waals surface area (Å²) in [6.45, 7) is 8.13. The third kappa shape index (κ3) is 3.58. The molecular weight excluding hydrogens is 176 g/mol. The van der Waals surface area contributed by atoms with Crippen molar-refractivity contribution in [2.24, 2.45) is 5.92 Å². The van der Waals surface area contributed by atoms with Gasteiger partial charge in [0.05, 0.1) is 11.7 Å². The molecule has 0 amide bonds. The Morgan fingerprint density at radius 2 is 1.43 bits per heavy atom. The maximum atomic E-state index is 10.1. The molecule has 0 aliphatic rings. The maximum absolute atomic E-state index is 10.1. The van der Waals surface area contributed by atoms with Crippen molar-refractivity contribution in [2.75, 3.05) is 0 Å². The van der Waals surface area contributed by atoms with Crippen molar-refractivity contribution in [3.8, 4) is 0 Å². The molecule has 0 bridgehead atoms. The van der Waals surface area contributed by atoms with E-state index >= 15 is 0 Å². The maximum Gasteiger partial charge on any atom is 0.0900 e. The van der Waals surface area contributed by atoms with Gasteiger partial charge in [-0.1, -0.05) is 40.5 Å². The average molecular weight is 202 g/mol. The predicted octanol–water partition coefficient (Wildman–Crippen LogP) is 2.72. The zero-order valence-electron chi connectivity index (χ0n) is 10.1. The Bertz CT molecular complexity index is 137. The summed E-state index contributed by atoms with van der Waals surface area (Å²) in [5.74, 6) is 0.537. The first-order valence-electron chi connectivity index (χ1n) is 5.94. The molecule has 0 aromatic rings.